The van der Waals surface area contributed by atoms with Gasteiger partial charge in [-0.2, -0.15) is 0 Å². The van der Waals surface area contributed by atoms with E-state index < -0.39 is 5.97 Å². The molecule has 33 heavy (non-hydrogen) atoms. The summed E-state index contributed by atoms with van der Waals surface area (Å²) in [5.41, 5.74) is 2.94. The van der Waals surface area contributed by atoms with Crippen molar-refractivity contribution in [3.8, 4) is 11.5 Å². The highest BCUT2D eigenvalue weighted by Gasteiger charge is 2.31. The van der Waals surface area contributed by atoms with Gasteiger partial charge in [0, 0.05) is 18.5 Å². The number of thioether (sulfide) groups is 1. The molecule has 0 saturated carbocycles. The van der Waals surface area contributed by atoms with E-state index in [-0.39, 0.29) is 12.3 Å². The smallest absolute Gasteiger partial charge is 0.303 e. The molecule has 1 heterocycles. The quantitative estimate of drug-likeness (QED) is 0.354. The van der Waals surface area contributed by atoms with Gasteiger partial charge in [-0.25, -0.2) is 0 Å². The summed E-state index contributed by atoms with van der Waals surface area (Å²) in [5.74, 6) is 0.844. The summed E-state index contributed by atoms with van der Waals surface area (Å²) in [6.07, 6.45) is 2.15. The molecule has 174 valence electrons. The Morgan fingerprint density at radius 2 is 1.94 bits per heavy atom. The Labute approximate surface area is 203 Å². The van der Waals surface area contributed by atoms with Crippen LogP contribution in [0.3, 0.4) is 0 Å². The van der Waals surface area contributed by atoms with Crippen molar-refractivity contribution < 1.29 is 24.2 Å². The molecule has 0 unspecified atom stereocenters. The van der Waals surface area contributed by atoms with Crippen LogP contribution in [0.25, 0.3) is 6.08 Å². The van der Waals surface area contributed by atoms with Crippen LogP contribution in [0, 0.1) is 0 Å². The largest absolute Gasteiger partial charge is 0.496 e. The van der Waals surface area contributed by atoms with E-state index in [1.165, 1.54) is 22.2 Å². The molecule has 0 aliphatic carbocycles. The zero-order valence-corrected chi connectivity index (χ0v) is 20.5. The molecule has 0 spiro atoms. The molecule has 8 heteroatoms. The molecule has 1 aliphatic rings. The molecule has 0 bridgehead atoms. The number of carbonyl (C=O) groups is 2. The number of carbonyl (C=O) groups excluding carboxylic acids is 1. The monoisotopic (exact) mass is 485 g/mol. The second-order valence-electron chi connectivity index (χ2n) is 7.91. The van der Waals surface area contributed by atoms with E-state index in [0.29, 0.717) is 40.5 Å². The SMILES string of the molecule is COc1ccc(C=C2SC(=S)N(CCCC(=O)O)C2=O)cc1COc1ccc(C(C)C)cc1. The number of ether oxygens (including phenoxy) is 2. The molecule has 6 nitrogen and oxygen atoms in total. The highest BCUT2D eigenvalue weighted by Crippen LogP contribution is 2.33. The summed E-state index contributed by atoms with van der Waals surface area (Å²) in [7, 11) is 1.61. The van der Waals surface area contributed by atoms with Crippen LogP contribution in [0.1, 0.15) is 49.3 Å². The molecule has 0 radical (unpaired) electrons. The first kappa shape index (κ1) is 24.8. The molecule has 1 fully saturated rings. The molecule has 2 aromatic rings. The lowest BCUT2D eigenvalue weighted by Crippen LogP contribution is -2.29. The minimum atomic E-state index is -0.889. The van der Waals surface area contributed by atoms with Crippen LogP contribution in [0.4, 0.5) is 0 Å². The summed E-state index contributed by atoms with van der Waals surface area (Å²) in [4.78, 5) is 25.5. The number of amides is 1. The number of aliphatic carboxylic acids is 1. The standard InChI is InChI=1S/C25H27NO5S2/c1-16(2)18-7-9-20(10-8-18)31-15-19-13-17(6-11-21(19)30-3)14-22-24(29)26(25(32)33-22)12-4-5-23(27)28/h6-11,13-14,16H,4-5,12,15H2,1-3H3,(H,27,28). The van der Waals surface area contributed by atoms with Crippen LogP contribution < -0.4 is 9.47 Å². The Bertz CT molecular complexity index is 1060. The van der Waals surface area contributed by atoms with Crippen LogP contribution in [-0.4, -0.2) is 39.9 Å². The molecular formula is C25H27NO5S2. The highest BCUT2D eigenvalue weighted by molar-refractivity contribution is 8.26. The van der Waals surface area contributed by atoms with Crippen molar-refractivity contribution in [2.45, 2.75) is 39.2 Å². The third-order valence-corrected chi connectivity index (χ3v) is 6.57. The Morgan fingerprint density at radius 3 is 2.58 bits per heavy atom. The van der Waals surface area contributed by atoms with Crippen molar-refractivity contribution in [1.82, 2.24) is 4.90 Å². The third kappa shape index (κ3) is 6.58. The van der Waals surface area contributed by atoms with Crippen molar-refractivity contribution in [2.24, 2.45) is 0 Å². The number of carboxylic acid groups (broad SMARTS) is 1. The number of benzene rings is 2. The van der Waals surface area contributed by atoms with E-state index in [1.807, 2.05) is 30.3 Å². The van der Waals surface area contributed by atoms with E-state index in [1.54, 1.807) is 13.2 Å². The van der Waals surface area contributed by atoms with E-state index in [0.717, 1.165) is 16.9 Å². The van der Waals surface area contributed by atoms with Crippen LogP contribution in [-0.2, 0) is 16.2 Å². The van der Waals surface area contributed by atoms with Crippen LogP contribution in [0.2, 0.25) is 0 Å². The van der Waals surface area contributed by atoms with Crippen molar-refractivity contribution in [1.29, 1.82) is 0 Å². The van der Waals surface area contributed by atoms with Gasteiger partial charge in [-0.15, -0.1) is 0 Å². The lowest BCUT2D eigenvalue weighted by molar-refractivity contribution is -0.137. The van der Waals surface area contributed by atoms with Gasteiger partial charge < -0.3 is 14.6 Å². The van der Waals surface area contributed by atoms with Crippen LogP contribution in [0.15, 0.2) is 47.4 Å². The fraction of sp³-hybridized carbons (Fsp3) is 0.320. The maximum Gasteiger partial charge on any atom is 0.303 e. The van der Waals surface area contributed by atoms with Gasteiger partial charge in [-0.05, 0) is 53.8 Å². The number of thiocarbonyl (C=S) groups is 1. The predicted octanol–water partition coefficient (Wildman–Crippen LogP) is 5.46. The van der Waals surface area contributed by atoms with Crippen molar-refractivity contribution in [3.63, 3.8) is 0 Å². The number of rotatable bonds is 10. The van der Waals surface area contributed by atoms with Gasteiger partial charge >= 0.3 is 5.97 Å². The molecular weight excluding hydrogens is 458 g/mol. The fourth-order valence-corrected chi connectivity index (χ4v) is 4.65. The third-order valence-electron chi connectivity index (χ3n) is 5.19. The summed E-state index contributed by atoms with van der Waals surface area (Å²) in [6, 6.07) is 13.7. The van der Waals surface area contributed by atoms with Crippen molar-refractivity contribution in [3.05, 3.63) is 64.1 Å². The van der Waals surface area contributed by atoms with Crippen LogP contribution >= 0.6 is 24.0 Å². The Hall–Kier alpha value is -2.84. The van der Waals surface area contributed by atoms with E-state index in [4.69, 9.17) is 26.8 Å². The van der Waals surface area contributed by atoms with Crippen molar-refractivity contribution >= 4 is 46.3 Å². The van der Waals surface area contributed by atoms with Gasteiger partial charge in [0.1, 0.15) is 22.4 Å². The molecule has 0 atom stereocenters. The van der Waals surface area contributed by atoms with E-state index in [2.05, 4.69) is 26.0 Å². The molecule has 0 aromatic heterocycles. The van der Waals surface area contributed by atoms with E-state index >= 15 is 0 Å². The molecule has 1 amide bonds. The zero-order valence-electron chi connectivity index (χ0n) is 18.9. The molecule has 1 saturated heterocycles. The summed E-state index contributed by atoms with van der Waals surface area (Å²) < 4.78 is 11.9. The van der Waals surface area contributed by atoms with Gasteiger partial charge in [0.15, 0.2) is 0 Å². The number of methoxy groups -OCH3 is 1. The number of hydrogen-bond donors (Lipinski definition) is 1. The average molecular weight is 486 g/mol. The number of hydrogen-bond acceptors (Lipinski definition) is 6. The fourth-order valence-electron chi connectivity index (χ4n) is 3.34. The first-order valence-corrected chi connectivity index (χ1v) is 11.9. The minimum absolute atomic E-state index is 0.00184. The Kier molecular flexibility index (Phi) is 8.52. The van der Waals surface area contributed by atoms with Gasteiger partial charge in [0.2, 0.25) is 0 Å². The number of carboxylic acids is 1. The lowest BCUT2D eigenvalue weighted by atomic mass is 10.0. The Morgan fingerprint density at radius 1 is 1.21 bits per heavy atom. The highest BCUT2D eigenvalue weighted by atomic mass is 32.2. The molecule has 1 aliphatic heterocycles. The molecule has 2 aromatic carbocycles. The average Bonchev–Trinajstić information content (AvgIpc) is 3.05. The second-order valence-corrected chi connectivity index (χ2v) is 9.59. The first-order chi connectivity index (χ1) is 15.8. The summed E-state index contributed by atoms with van der Waals surface area (Å²) in [5, 5.41) is 8.81. The minimum Gasteiger partial charge on any atom is -0.496 e. The second kappa shape index (κ2) is 11.3. The zero-order chi connectivity index (χ0) is 24.0. The lowest BCUT2D eigenvalue weighted by Gasteiger charge is -2.13. The molecule has 1 N–H and O–H groups in total. The molecule has 3 rings (SSSR count). The predicted molar refractivity (Wildman–Crippen MR) is 135 cm³/mol. The normalized spacial score (nSPS) is 14.9. The summed E-state index contributed by atoms with van der Waals surface area (Å²) in [6.45, 7) is 4.92. The van der Waals surface area contributed by atoms with Gasteiger partial charge in [0.05, 0.1) is 12.0 Å². The summed E-state index contributed by atoms with van der Waals surface area (Å²) >= 11 is 6.54. The van der Waals surface area contributed by atoms with Crippen LogP contribution in [0.5, 0.6) is 11.5 Å². The van der Waals surface area contributed by atoms with Gasteiger partial charge in [-0.3, -0.25) is 14.5 Å². The van der Waals surface area contributed by atoms with E-state index in [9.17, 15) is 9.59 Å². The van der Waals surface area contributed by atoms with Gasteiger partial charge in [-0.1, -0.05) is 56.0 Å². The topological polar surface area (TPSA) is 76.1 Å². The Balaban J connectivity index is 1.72. The van der Waals surface area contributed by atoms with Crippen molar-refractivity contribution in [2.75, 3.05) is 13.7 Å². The van der Waals surface area contributed by atoms with Gasteiger partial charge in [0.25, 0.3) is 5.91 Å². The first-order valence-electron chi connectivity index (χ1n) is 10.7. The maximum absolute atomic E-state index is 12.7. The maximum atomic E-state index is 12.7. The number of nitrogens with zero attached hydrogens (tertiary/aromatic N) is 1.